The lowest BCUT2D eigenvalue weighted by atomic mass is 10.1. The summed E-state index contributed by atoms with van der Waals surface area (Å²) >= 11 is 0. The van der Waals surface area contributed by atoms with Gasteiger partial charge in [-0.1, -0.05) is 49.1 Å². The molecule has 0 saturated heterocycles. The first kappa shape index (κ1) is 37.7. The van der Waals surface area contributed by atoms with Gasteiger partial charge in [-0.05, 0) is 54.8 Å². The van der Waals surface area contributed by atoms with E-state index in [1.165, 1.54) is 18.3 Å². The molecule has 0 aliphatic heterocycles. The molecule has 0 saturated carbocycles. The van der Waals surface area contributed by atoms with E-state index in [9.17, 15) is 30.0 Å². The highest BCUT2D eigenvalue weighted by Gasteiger charge is 2.37. The molecule has 43 heavy (non-hydrogen) atoms. The molecular weight excluding hydrogens is 617 g/mol. The van der Waals surface area contributed by atoms with Crippen LogP contribution in [0.1, 0.15) is 57.1 Å². The smallest absolute Gasteiger partial charge is 0.437 e. The lowest BCUT2D eigenvalue weighted by Gasteiger charge is -2.11. The number of alkyl halides is 3. The average molecular weight is 655 g/mol. The van der Waals surface area contributed by atoms with Crippen molar-refractivity contribution in [3.8, 4) is 11.5 Å². The van der Waals surface area contributed by atoms with Gasteiger partial charge in [0.15, 0.2) is 5.71 Å². The van der Waals surface area contributed by atoms with Crippen LogP contribution < -0.4 is 9.47 Å². The molecule has 0 unspecified atom stereocenters. The van der Waals surface area contributed by atoms with Crippen LogP contribution in [0.25, 0.3) is 0 Å². The zero-order valence-electron chi connectivity index (χ0n) is 23.9. The monoisotopic (exact) mass is 654 g/mol. The molecule has 2 aromatic carbocycles. The minimum Gasteiger partial charge on any atom is -0.493 e. The fourth-order valence-corrected chi connectivity index (χ4v) is 4.63. The van der Waals surface area contributed by atoms with Gasteiger partial charge in [0.1, 0.15) is 11.5 Å². The number of unbranched alkanes of at least 4 members (excludes halogenated alkanes) is 2. The second-order valence-corrected chi connectivity index (χ2v) is 12.2. The third kappa shape index (κ3) is 17.4. The van der Waals surface area contributed by atoms with Crippen molar-refractivity contribution < 1.29 is 53.5 Å². The van der Waals surface area contributed by atoms with Gasteiger partial charge in [-0.25, -0.2) is 0 Å². The highest BCUT2D eigenvalue weighted by Crippen LogP contribution is 2.24. The minimum atomic E-state index is -4.76. The van der Waals surface area contributed by atoms with Crippen LogP contribution in [0.2, 0.25) is 0 Å². The van der Waals surface area contributed by atoms with E-state index in [2.05, 4.69) is 14.6 Å². The van der Waals surface area contributed by atoms with Gasteiger partial charge in [0, 0.05) is 24.6 Å². The van der Waals surface area contributed by atoms with Gasteiger partial charge in [0.05, 0.1) is 24.7 Å². The zero-order valence-corrected chi connectivity index (χ0v) is 25.5. The summed E-state index contributed by atoms with van der Waals surface area (Å²) in [4.78, 5) is 0. The van der Waals surface area contributed by atoms with E-state index >= 15 is 0 Å². The summed E-state index contributed by atoms with van der Waals surface area (Å²) in [7, 11) is -7.32. The number of benzene rings is 2. The molecule has 0 fully saturated rings. The highest BCUT2D eigenvalue weighted by atomic mass is 32.2. The predicted molar refractivity (Wildman–Crippen MR) is 156 cm³/mol. The SMILES string of the molecule is CCCCS(=O)(=O)O.CCCCS(=O)(=O)ON=CCc1ccc(OCCCOc2ccc(C(=NO)C(F)(F)F)cc2)cc1. The van der Waals surface area contributed by atoms with Crippen LogP contribution in [0.15, 0.2) is 58.8 Å². The number of rotatable bonds is 17. The van der Waals surface area contributed by atoms with Crippen molar-refractivity contribution in [2.75, 3.05) is 24.7 Å². The second-order valence-electron chi connectivity index (χ2n) is 8.99. The Balaban J connectivity index is 0.00000101. The van der Waals surface area contributed by atoms with Crippen LogP contribution in [0.5, 0.6) is 11.5 Å². The van der Waals surface area contributed by atoms with Gasteiger partial charge >= 0.3 is 16.3 Å². The minimum absolute atomic E-state index is 0.0626. The summed E-state index contributed by atoms with van der Waals surface area (Å²) in [6.07, 6.45) is 0.148. The molecule has 0 aliphatic carbocycles. The van der Waals surface area contributed by atoms with Crippen molar-refractivity contribution in [1.82, 2.24) is 0 Å². The molecule has 0 heterocycles. The van der Waals surface area contributed by atoms with Crippen molar-refractivity contribution >= 4 is 32.2 Å². The molecule has 0 spiro atoms. The van der Waals surface area contributed by atoms with Crippen LogP contribution in [0.4, 0.5) is 13.2 Å². The number of oxime groups is 2. The van der Waals surface area contributed by atoms with Gasteiger partial charge in [-0.2, -0.15) is 30.0 Å². The Morgan fingerprint density at radius 1 is 0.837 bits per heavy atom. The van der Waals surface area contributed by atoms with Crippen molar-refractivity contribution in [1.29, 1.82) is 0 Å². The van der Waals surface area contributed by atoms with Gasteiger partial charge in [-0.3, -0.25) is 8.84 Å². The van der Waals surface area contributed by atoms with E-state index in [1.54, 1.807) is 12.1 Å². The van der Waals surface area contributed by atoms with Gasteiger partial charge in [0.2, 0.25) is 0 Å². The van der Waals surface area contributed by atoms with Crippen LogP contribution in [-0.2, 0) is 30.9 Å². The average Bonchev–Trinajstić information content (AvgIpc) is 2.94. The fourth-order valence-electron chi connectivity index (χ4n) is 3.07. The predicted octanol–water partition coefficient (Wildman–Crippen LogP) is 5.62. The number of hydrogen-bond donors (Lipinski definition) is 2. The lowest BCUT2D eigenvalue weighted by Crippen LogP contribution is -2.23. The maximum absolute atomic E-state index is 12.7. The van der Waals surface area contributed by atoms with Crippen LogP contribution >= 0.6 is 0 Å². The van der Waals surface area contributed by atoms with Crippen LogP contribution in [0.3, 0.4) is 0 Å². The molecule has 2 rings (SSSR count). The third-order valence-corrected chi connectivity index (χ3v) is 7.21. The summed E-state index contributed by atoms with van der Waals surface area (Å²) in [5.41, 5.74) is -0.753. The molecule has 0 aliphatic rings. The summed E-state index contributed by atoms with van der Waals surface area (Å²) in [6, 6.07) is 12.2. The maximum Gasteiger partial charge on any atom is 0.437 e. The van der Waals surface area contributed by atoms with Crippen LogP contribution in [0, 0.1) is 0 Å². The van der Waals surface area contributed by atoms with E-state index < -0.39 is 32.1 Å². The molecule has 242 valence electrons. The van der Waals surface area contributed by atoms with Crippen molar-refractivity contribution in [2.45, 2.75) is 58.5 Å². The number of hydrogen-bond acceptors (Lipinski definition) is 10. The number of ether oxygens (including phenoxy) is 2. The van der Waals surface area contributed by atoms with Crippen LogP contribution in [-0.4, -0.2) is 69.4 Å². The zero-order chi connectivity index (χ0) is 32.4. The number of nitrogens with zero attached hydrogens (tertiary/aromatic N) is 2. The summed E-state index contributed by atoms with van der Waals surface area (Å²) in [5, 5.41) is 14.4. The molecule has 2 N–H and O–H groups in total. The molecular formula is C27H37F3N2O9S2. The van der Waals surface area contributed by atoms with Crippen molar-refractivity contribution in [2.24, 2.45) is 10.3 Å². The quantitative estimate of drug-likeness (QED) is 0.0725. The second kappa shape index (κ2) is 19.0. The van der Waals surface area contributed by atoms with Gasteiger partial charge in [-0.15, -0.1) is 0 Å². The van der Waals surface area contributed by atoms with E-state index in [0.717, 1.165) is 30.5 Å². The van der Waals surface area contributed by atoms with Crippen molar-refractivity contribution in [3.63, 3.8) is 0 Å². The van der Waals surface area contributed by atoms with E-state index in [4.69, 9.17) is 19.2 Å². The number of halogens is 3. The fraction of sp³-hybridized carbons (Fsp3) is 0.481. The van der Waals surface area contributed by atoms with Gasteiger partial charge in [0.25, 0.3) is 10.1 Å². The van der Waals surface area contributed by atoms with E-state index in [0.29, 0.717) is 43.8 Å². The molecule has 0 radical (unpaired) electrons. The summed E-state index contributed by atoms with van der Waals surface area (Å²) in [6.45, 7) is 4.40. The molecule has 0 aromatic heterocycles. The topological polar surface area (TPSA) is 161 Å². The lowest BCUT2D eigenvalue weighted by molar-refractivity contribution is -0.0601. The molecule has 0 bridgehead atoms. The Labute approximate surface area is 250 Å². The summed E-state index contributed by atoms with van der Waals surface area (Å²) < 4.78 is 105. The molecule has 2 aromatic rings. The Kier molecular flexibility index (Phi) is 16.7. The molecule has 16 heteroatoms. The maximum atomic E-state index is 12.7. The Hall–Kier alpha value is -3.37. The molecule has 0 amide bonds. The standard InChI is InChI=1S/C23H27F3N2O6S.C4H10O3S/c1-2-3-17-35(30,31)34-27-14-13-18-5-9-20(10-6-18)32-15-4-16-33-21-11-7-19(8-12-21)22(28-29)23(24,25)26;1-2-3-4-8(5,6)7/h5-12,14,29H,2-4,13,15-17H2,1H3;2-4H2,1H3,(H,5,6,7). The first-order valence-corrected chi connectivity index (χ1v) is 16.5. The molecule has 11 nitrogen and oxygen atoms in total. The first-order chi connectivity index (χ1) is 20.2. The molecule has 0 atom stereocenters. The Bertz CT molecular complexity index is 1350. The van der Waals surface area contributed by atoms with Gasteiger partial charge < -0.3 is 14.7 Å². The first-order valence-electron chi connectivity index (χ1n) is 13.3. The third-order valence-electron chi connectivity index (χ3n) is 5.31. The largest absolute Gasteiger partial charge is 0.493 e. The van der Waals surface area contributed by atoms with E-state index in [1.807, 2.05) is 26.0 Å². The highest BCUT2D eigenvalue weighted by molar-refractivity contribution is 7.86. The normalized spacial score (nSPS) is 12.5. The van der Waals surface area contributed by atoms with E-state index in [-0.39, 0.29) is 23.7 Å². The Morgan fingerprint density at radius 2 is 1.35 bits per heavy atom. The summed E-state index contributed by atoms with van der Waals surface area (Å²) in [5.74, 6) is 0.842. The van der Waals surface area contributed by atoms with Crippen molar-refractivity contribution in [3.05, 3.63) is 59.7 Å². The Morgan fingerprint density at radius 3 is 1.79 bits per heavy atom.